The summed E-state index contributed by atoms with van der Waals surface area (Å²) in [7, 11) is 0.0291. The van der Waals surface area contributed by atoms with Crippen LogP contribution in [0.4, 0.5) is 87.8 Å². The number of halogens is 20. The summed E-state index contributed by atoms with van der Waals surface area (Å²) in [6, 6.07) is 3.48. The fourth-order valence-corrected chi connectivity index (χ4v) is 6.60. The van der Waals surface area contributed by atoms with E-state index in [-0.39, 0.29) is 22.3 Å². The van der Waals surface area contributed by atoms with Crippen LogP contribution >= 0.6 is 0 Å². The molecule has 0 aliphatic heterocycles. The highest BCUT2D eigenvalue weighted by atomic mass is 32.2. The average Bonchev–Trinajstić information content (AvgIpc) is 3.17. The van der Waals surface area contributed by atoms with Crippen LogP contribution in [-0.4, -0.2) is 30.2 Å². The first-order chi connectivity index (χ1) is 26.7. The Labute approximate surface area is 312 Å². The van der Waals surface area contributed by atoms with Crippen LogP contribution < -0.4 is 21.9 Å². The molecule has 0 aliphatic carbocycles. The van der Waals surface area contributed by atoms with E-state index in [0.29, 0.717) is 11.3 Å². The van der Waals surface area contributed by atoms with Gasteiger partial charge in [-0.25, -0.2) is 87.8 Å². The molecule has 0 spiro atoms. The molecule has 0 saturated heterocycles. The van der Waals surface area contributed by atoms with Crippen LogP contribution in [0.1, 0.15) is 6.92 Å². The van der Waals surface area contributed by atoms with Gasteiger partial charge in [0.15, 0.2) is 75.6 Å². The number of allylic oxidation sites excluding steroid dienone is 1. The van der Waals surface area contributed by atoms with Gasteiger partial charge in [-0.3, -0.25) is 4.79 Å². The average molecular weight is 874 g/mol. The van der Waals surface area contributed by atoms with Gasteiger partial charge < -0.3 is 0 Å². The molecule has 4 aromatic rings. The Morgan fingerprint density at radius 1 is 0.414 bits per heavy atom. The van der Waals surface area contributed by atoms with Crippen molar-refractivity contribution in [2.24, 2.45) is 0 Å². The predicted octanol–water partition coefficient (Wildman–Crippen LogP) is 6.64. The summed E-state index contributed by atoms with van der Waals surface area (Å²) < 4.78 is 294. The number of nitriles is 2. The van der Waals surface area contributed by atoms with E-state index < -0.39 is 144 Å². The minimum Gasteiger partial charge on any atom is -0.295 e. The van der Waals surface area contributed by atoms with E-state index in [1.165, 1.54) is 6.92 Å². The minimum absolute atomic E-state index is 0.0291. The van der Waals surface area contributed by atoms with Crippen molar-refractivity contribution in [3.63, 3.8) is 0 Å². The van der Waals surface area contributed by atoms with Gasteiger partial charge in [-0.1, -0.05) is 0 Å². The lowest BCUT2D eigenvalue weighted by Gasteiger charge is -2.44. The van der Waals surface area contributed by atoms with Crippen molar-refractivity contribution in [1.82, 2.24) is 0 Å². The molecule has 0 atom stereocenters. The second-order valence-electron chi connectivity index (χ2n) is 11.6. The third-order valence-corrected chi connectivity index (χ3v) is 8.96. The van der Waals surface area contributed by atoms with Gasteiger partial charge in [0.05, 0.1) is 18.1 Å². The summed E-state index contributed by atoms with van der Waals surface area (Å²) in [5.74, 6) is -71.1. The van der Waals surface area contributed by atoms with E-state index >= 15 is 35.1 Å². The summed E-state index contributed by atoms with van der Waals surface area (Å²) in [5.41, 5.74) is -14.0. The second kappa shape index (κ2) is 17.0. The highest BCUT2D eigenvalue weighted by molar-refractivity contribution is 7.95. The highest BCUT2D eigenvalue weighted by Gasteiger charge is 2.52. The molecular formula is C33H11BF20N2OS. The lowest BCUT2D eigenvalue weighted by Crippen LogP contribution is -2.81. The summed E-state index contributed by atoms with van der Waals surface area (Å²) in [6.07, 6.45) is -3.28. The number of benzene rings is 4. The fraction of sp³-hybridized carbons (Fsp3) is 0.121. The van der Waals surface area contributed by atoms with Gasteiger partial charge in [-0.15, -0.1) is 21.9 Å². The number of nitrogens with zero attached hydrogens (tertiary/aromatic N) is 2. The fourth-order valence-electron chi connectivity index (χ4n) is 5.67. The highest BCUT2D eigenvalue weighted by Crippen LogP contribution is 2.30. The van der Waals surface area contributed by atoms with Crippen molar-refractivity contribution >= 4 is 44.7 Å². The quantitative estimate of drug-likeness (QED) is 0.0398. The van der Waals surface area contributed by atoms with E-state index in [1.54, 1.807) is 12.1 Å². The molecule has 4 aromatic carbocycles. The SMILES string of the molecule is CC(=O)C(C[S+](C)C)=C(C#N)C#N.Fc1c(F)c(F)c([B-](c2c(F)c(F)c(F)c(F)c2F)(c2c(F)c(F)c(F)c(F)c2F)c2c(F)c(F)c(F)c(F)c2F)c(F)c1F. The van der Waals surface area contributed by atoms with Gasteiger partial charge in [0.2, 0.25) is 0 Å². The van der Waals surface area contributed by atoms with E-state index in [2.05, 4.69) is 0 Å². The van der Waals surface area contributed by atoms with Gasteiger partial charge in [-0.2, -0.15) is 10.5 Å². The smallest absolute Gasteiger partial charge is 0.200 e. The number of ketones is 1. The number of rotatable bonds is 7. The van der Waals surface area contributed by atoms with Crippen LogP contribution in [0.5, 0.6) is 0 Å². The Kier molecular flexibility index (Phi) is 13.7. The third kappa shape index (κ3) is 7.20. The van der Waals surface area contributed by atoms with E-state index in [9.17, 15) is 57.5 Å². The molecule has 25 heteroatoms. The maximum Gasteiger partial charge on any atom is 0.200 e. The lowest BCUT2D eigenvalue weighted by atomic mass is 9.12. The van der Waals surface area contributed by atoms with Crippen LogP contribution in [0, 0.1) is 139 Å². The van der Waals surface area contributed by atoms with Gasteiger partial charge in [0.25, 0.3) is 0 Å². The molecule has 308 valence electrons. The van der Waals surface area contributed by atoms with Crippen molar-refractivity contribution in [3.8, 4) is 12.1 Å². The van der Waals surface area contributed by atoms with Crippen LogP contribution in [0.2, 0.25) is 0 Å². The van der Waals surface area contributed by atoms with Crippen molar-refractivity contribution in [2.75, 3.05) is 18.3 Å². The molecule has 0 aliphatic rings. The molecule has 58 heavy (non-hydrogen) atoms. The van der Waals surface area contributed by atoms with Crippen LogP contribution in [-0.2, 0) is 15.7 Å². The number of hydrogen-bond acceptors (Lipinski definition) is 3. The number of carbonyl (C=O) groups is 1. The monoisotopic (exact) mass is 874 g/mol. The third-order valence-electron chi connectivity index (χ3n) is 8.09. The molecule has 0 amide bonds. The summed E-state index contributed by atoms with van der Waals surface area (Å²) in [5, 5.41) is 17.2. The first kappa shape index (κ1) is 46.7. The molecule has 0 saturated carbocycles. The molecule has 0 N–H and O–H groups in total. The number of hydrogen-bond donors (Lipinski definition) is 0. The zero-order valence-electron chi connectivity index (χ0n) is 28.1. The first-order valence-electron chi connectivity index (χ1n) is 14.5. The molecule has 0 fully saturated rings. The Hall–Kier alpha value is -5.72. The Bertz CT molecular complexity index is 2130. The zero-order chi connectivity index (χ0) is 44.8. The van der Waals surface area contributed by atoms with Crippen molar-refractivity contribution < 1.29 is 92.6 Å². The number of Topliss-reactive ketones (excluding diaryl/α,β-unsaturated/α-hetero) is 1. The summed E-state index contributed by atoms with van der Waals surface area (Å²) >= 11 is 0. The van der Waals surface area contributed by atoms with Crippen molar-refractivity contribution in [2.45, 2.75) is 6.92 Å². The zero-order valence-corrected chi connectivity index (χ0v) is 28.9. The van der Waals surface area contributed by atoms with Crippen LogP contribution in [0.3, 0.4) is 0 Å². The van der Waals surface area contributed by atoms with Crippen LogP contribution in [0.15, 0.2) is 11.1 Å². The van der Waals surface area contributed by atoms with Crippen molar-refractivity contribution in [1.29, 1.82) is 10.5 Å². The molecule has 0 radical (unpaired) electrons. The Morgan fingerprint density at radius 3 is 0.724 bits per heavy atom. The van der Waals surface area contributed by atoms with E-state index in [4.69, 9.17) is 10.5 Å². The first-order valence-corrected chi connectivity index (χ1v) is 16.8. The number of carbonyl (C=O) groups excluding carboxylic acids is 1. The van der Waals surface area contributed by atoms with Gasteiger partial charge >= 0.3 is 0 Å². The molecule has 3 nitrogen and oxygen atoms in total. The van der Waals surface area contributed by atoms with E-state index in [0.717, 1.165) is 0 Å². The largest absolute Gasteiger partial charge is 0.295 e. The second-order valence-corrected chi connectivity index (χ2v) is 13.8. The van der Waals surface area contributed by atoms with Gasteiger partial charge in [-0.05, 0) is 17.8 Å². The molecule has 0 heterocycles. The van der Waals surface area contributed by atoms with E-state index in [1.807, 2.05) is 12.5 Å². The molecular weight excluding hydrogens is 863 g/mol. The summed E-state index contributed by atoms with van der Waals surface area (Å²) in [6.45, 7) is 1.39. The molecule has 0 unspecified atom stereocenters. The Morgan fingerprint density at radius 2 is 0.586 bits per heavy atom. The van der Waals surface area contributed by atoms with Gasteiger partial charge in [0, 0.05) is 0 Å². The molecule has 0 aromatic heterocycles. The Balaban J connectivity index is 0.000000594. The van der Waals surface area contributed by atoms with Crippen LogP contribution in [0.25, 0.3) is 0 Å². The lowest BCUT2D eigenvalue weighted by molar-refractivity contribution is -0.113. The standard InChI is InChI=1S/C24BF20.C9H11N2OS/c26-5-1(6(27)14(35)21(42)13(5)34)25(2-7(28)15(36)22(43)16(37)8(2)29,3-9(30)17(38)23(44)18(39)10(3)31)4-11(32)19(40)24(45)20(41)12(4)33;1-7(12)9(6-13(2)3)8(4-10)5-11/h;6H2,1-3H3/q-1;+1. The molecule has 4 rings (SSSR count). The predicted molar refractivity (Wildman–Crippen MR) is 162 cm³/mol. The normalized spacial score (nSPS) is 11.3. The minimum atomic E-state index is -7.22. The molecule has 0 bridgehead atoms. The summed E-state index contributed by atoms with van der Waals surface area (Å²) in [4.78, 5) is 11.1. The van der Waals surface area contributed by atoms with Crippen molar-refractivity contribution in [3.05, 3.63) is 127 Å². The topological polar surface area (TPSA) is 64.7 Å². The maximum atomic E-state index is 15.4. The van der Waals surface area contributed by atoms with Gasteiger partial charge in [0.1, 0.15) is 76.1 Å². The maximum absolute atomic E-state index is 15.4.